The van der Waals surface area contributed by atoms with E-state index < -0.39 is 0 Å². The molecule has 0 bridgehead atoms. The minimum absolute atomic E-state index is 0.0382. The van der Waals surface area contributed by atoms with E-state index in [0.29, 0.717) is 5.75 Å². The molecule has 1 heterocycles. The fraction of sp³-hybridized carbons (Fsp3) is 0.458. The fourth-order valence-corrected chi connectivity index (χ4v) is 4.27. The van der Waals surface area contributed by atoms with Gasteiger partial charge in [0.1, 0.15) is 18.4 Å². The Balaban J connectivity index is 1.98. The quantitative estimate of drug-likeness (QED) is 0.731. The Hall–Kier alpha value is -2.60. The van der Waals surface area contributed by atoms with Gasteiger partial charge in [0.05, 0.1) is 26.8 Å². The number of hydrogen-bond donors (Lipinski definition) is 2. The summed E-state index contributed by atoms with van der Waals surface area (Å²) < 4.78 is 24.4. The molecule has 3 rings (SSSR count). The molecule has 0 aromatic heterocycles. The predicted octanol–water partition coefficient (Wildman–Crippen LogP) is 2.69. The normalized spacial score (nSPS) is 19.2. The molecule has 2 N–H and O–H groups in total. The summed E-state index contributed by atoms with van der Waals surface area (Å²) in [5.74, 6) is 1.13. The van der Waals surface area contributed by atoms with Crippen molar-refractivity contribution in [1.29, 1.82) is 0 Å². The molecule has 2 aromatic carbocycles. The van der Waals surface area contributed by atoms with Gasteiger partial charge in [-0.1, -0.05) is 26.0 Å². The van der Waals surface area contributed by atoms with Crippen LogP contribution < -0.4 is 19.7 Å². The number of halogens is 1. The molecule has 0 saturated heterocycles. The van der Waals surface area contributed by atoms with Gasteiger partial charge in [-0.15, -0.1) is 0 Å². The SMILES string of the molecule is COc1cc2c(cc1OC)[C@@H]([C@@H](C)NC(=O)C(C)C)[NH+](Cc1ccc(F)cc1)CC2. The van der Waals surface area contributed by atoms with Crippen molar-refractivity contribution in [3.63, 3.8) is 0 Å². The topological polar surface area (TPSA) is 52.0 Å². The van der Waals surface area contributed by atoms with E-state index in [4.69, 9.17) is 9.47 Å². The van der Waals surface area contributed by atoms with Gasteiger partial charge in [-0.25, -0.2) is 4.39 Å². The number of rotatable bonds is 7. The van der Waals surface area contributed by atoms with Crippen LogP contribution in [0.2, 0.25) is 0 Å². The summed E-state index contributed by atoms with van der Waals surface area (Å²) in [5.41, 5.74) is 3.45. The number of ether oxygens (including phenoxy) is 2. The zero-order valence-corrected chi connectivity index (χ0v) is 18.4. The third-order valence-corrected chi connectivity index (χ3v) is 5.87. The van der Waals surface area contributed by atoms with Crippen LogP contribution in [0.1, 0.15) is 43.5 Å². The summed E-state index contributed by atoms with van der Waals surface area (Å²) >= 11 is 0. The highest BCUT2D eigenvalue weighted by Gasteiger charge is 2.37. The van der Waals surface area contributed by atoms with Crippen molar-refractivity contribution >= 4 is 5.91 Å². The molecule has 3 atom stereocenters. The molecule has 0 fully saturated rings. The van der Waals surface area contributed by atoms with Gasteiger partial charge in [0, 0.05) is 23.5 Å². The summed E-state index contributed by atoms with van der Waals surface area (Å²) in [5, 5.41) is 3.19. The van der Waals surface area contributed by atoms with Crippen LogP contribution in [-0.4, -0.2) is 32.7 Å². The Labute approximate surface area is 178 Å². The standard InChI is InChI=1S/C24H31FN2O3/c1-15(2)24(28)26-16(3)23-20-13-22(30-5)21(29-4)12-18(20)10-11-27(23)14-17-6-8-19(25)9-7-17/h6-9,12-13,15-16,23H,10-11,14H2,1-5H3,(H,26,28)/p+1/t16-,23-/m1/s1. The number of methoxy groups -OCH3 is 2. The molecule has 2 aromatic rings. The van der Waals surface area contributed by atoms with Crippen LogP contribution in [0.15, 0.2) is 36.4 Å². The van der Waals surface area contributed by atoms with Crippen LogP contribution in [-0.2, 0) is 17.8 Å². The Morgan fingerprint density at radius 3 is 2.37 bits per heavy atom. The summed E-state index contributed by atoms with van der Waals surface area (Å²) in [6.07, 6.45) is 0.896. The molecule has 0 spiro atoms. The average molecular weight is 416 g/mol. The second-order valence-corrected chi connectivity index (χ2v) is 8.30. The van der Waals surface area contributed by atoms with Crippen LogP contribution in [0.25, 0.3) is 0 Å². The second-order valence-electron chi connectivity index (χ2n) is 8.30. The summed E-state index contributed by atoms with van der Waals surface area (Å²) in [6, 6.07) is 10.7. The Morgan fingerprint density at radius 2 is 1.77 bits per heavy atom. The van der Waals surface area contributed by atoms with Gasteiger partial charge in [-0.05, 0) is 36.8 Å². The second kappa shape index (κ2) is 9.47. The van der Waals surface area contributed by atoms with Crippen LogP contribution >= 0.6 is 0 Å². The molecule has 0 saturated carbocycles. The summed E-state index contributed by atoms with van der Waals surface area (Å²) in [7, 11) is 3.28. The number of fused-ring (bicyclic) bond motifs is 1. The first kappa shape index (κ1) is 22.1. The lowest BCUT2D eigenvalue weighted by Crippen LogP contribution is -3.13. The van der Waals surface area contributed by atoms with Crippen molar-refractivity contribution in [2.45, 2.75) is 45.8 Å². The maximum Gasteiger partial charge on any atom is 0.222 e. The first-order valence-corrected chi connectivity index (χ1v) is 10.5. The van der Waals surface area contributed by atoms with Gasteiger partial charge in [0.2, 0.25) is 5.91 Å². The van der Waals surface area contributed by atoms with Gasteiger partial charge >= 0.3 is 0 Å². The number of carbonyl (C=O) groups excluding carboxylic acids is 1. The van der Waals surface area contributed by atoms with E-state index in [2.05, 4.69) is 12.2 Å². The highest BCUT2D eigenvalue weighted by molar-refractivity contribution is 5.78. The lowest BCUT2D eigenvalue weighted by molar-refractivity contribution is -0.948. The minimum atomic E-state index is -0.233. The lowest BCUT2D eigenvalue weighted by Gasteiger charge is -2.38. The van der Waals surface area contributed by atoms with Gasteiger partial charge in [-0.3, -0.25) is 4.79 Å². The Kier molecular flexibility index (Phi) is 6.98. The molecule has 1 aliphatic rings. The van der Waals surface area contributed by atoms with Crippen LogP contribution in [0.5, 0.6) is 11.5 Å². The first-order chi connectivity index (χ1) is 14.3. The van der Waals surface area contributed by atoms with Crippen molar-refractivity contribution in [2.75, 3.05) is 20.8 Å². The molecule has 6 heteroatoms. The number of nitrogens with one attached hydrogen (secondary N) is 2. The Bertz CT molecular complexity index is 883. The highest BCUT2D eigenvalue weighted by atomic mass is 19.1. The molecular formula is C24H32FN2O3+. The smallest absolute Gasteiger partial charge is 0.222 e. The van der Waals surface area contributed by atoms with Gasteiger partial charge in [-0.2, -0.15) is 0 Å². The maximum atomic E-state index is 13.4. The van der Waals surface area contributed by atoms with Gasteiger partial charge in [0.15, 0.2) is 11.5 Å². The predicted molar refractivity (Wildman–Crippen MR) is 114 cm³/mol. The summed E-state index contributed by atoms with van der Waals surface area (Å²) in [4.78, 5) is 13.8. The maximum absolute atomic E-state index is 13.4. The lowest BCUT2D eigenvalue weighted by atomic mass is 9.87. The van der Waals surface area contributed by atoms with E-state index in [9.17, 15) is 9.18 Å². The third kappa shape index (κ3) is 4.75. The molecule has 162 valence electrons. The van der Waals surface area contributed by atoms with Crippen LogP contribution in [0.4, 0.5) is 4.39 Å². The number of amides is 1. The monoisotopic (exact) mass is 415 g/mol. The van der Waals surface area contributed by atoms with Crippen molar-refractivity contribution in [2.24, 2.45) is 5.92 Å². The molecule has 0 radical (unpaired) electrons. The third-order valence-electron chi connectivity index (χ3n) is 5.87. The Morgan fingerprint density at radius 1 is 1.13 bits per heavy atom. The number of quaternary nitrogens is 1. The minimum Gasteiger partial charge on any atom is -0.493 e. The number of benzene rings is 2. The van der Waals surface area contributed by atoms with Crippen molar-refractivity contribution < 1.29 is 23.6 Å². The molecule has 1 unspecified atom stereocenters. The zero-order valence-electron chi connectivity index (χ0n) is 18.4. The van der Waals surface area contributed by atoms with Crippen molar-refractivity contribution in [3.8, 4) is 11.5 Å². The number of hydrogen-bond acceptors (Lipinski definition) is 3. The van der Waals surface area contributed by atoms with E-state index in [-0.39, 0.29) is 29.7 Å². The van der Waals surface area contributed by atoms with E-state index in [1.54, 1.807) is 14.2 Å². The van der Waals surface area contributed by atoms with Crippen LogP contribution in [0, 0.1) is 11.7 Å². The highest BCUT2D eigenvalue weighted by Crippen LogP contribution is 2.35. The van der Waals surface area contributed by atoms with Crippen molar-refractivity contribution in [3.05, 3.63) is 58.9 Å². The van der Waals surface area contributed by atoms with Gasteiger partial charge < -0.3 is 19.7 Å². The first-order valence-electron chi connectivity index (χ1n) is 10.5. The molecular weight excluding hydrogens is 383 g/mol. The van der Waals surface area contributed by atoms with E-state index in [0.717, 1.165) is 36.4 Å². The zero-order chi connectivity index (χ0) is 21.8. The number of carbonyl (C=O) groups is 1. The summed E-state index contributed by atoms with van der Waals surface area (Å²) in [6.45, 7) is 7.51. The molecule has 5 nitrogen and oxygen atoms in total. The van der Waals surface area contributed by atoms with E-state index in [1.807, 2.05) is 38.1 Å². The van der Waals surface area contributed by atoms with Crippen LogP contribution in [0.3, 0.4) is 0 Å². The largest absolute Gasteiger partial charge is 0.493 e. The van der Waals surface area contributed by atoms with E-state index >= 15 is 0 Å². The average Bonchev–Trinajstić information content (AvgIpc) is 2.73. The molecule has 30 heavy (non-hydrogen) atoms. The fourth-order valence-electron chi connectivity index (χ4n) is 4.27. The van der Waals surface area contributed by atoms with Crippen molar-refractivity contribution in [1.82, 2.24) is 5.32 Å². The van der Waals surface area contributed by atoms with Gasteiger partial charge in [0.25, 0.3) is 0 Å². The molecule has 0 aliphatic carbocycles. The van der Waals surface area contributed by atoms with E-state index in [1.165, 1.54) is 22.6 Å². The molecule has 1 aliphatic heterocycles. The molecule has 1 amide bonds.